The van der Waals surface area contributed by atoms with Crippen molar-refractivity contribution >= 4 is 43.2 Å². The molecule has 1 unspecified atom stereocenters. The minimum Gasteiger partial charge on any atom is -0.291 e. The Morgan fingerprint density at radius 2 is 2.14 bits per heavy atom. The molecule has 0 aromatic heterocycles. The molecule has 0 fully saturated rings. The summed E-state index contributed by atoms with van der Waals surface area (Å²) in [6.45, 7) is 0. The van der Waals surface area contributed by atoms with Crippen LogP contribution in [0.5, 0.6) is 0 Å². The maximum atomic E-state index is 11.7. The molecule has 0 saturated heterocycles. The van der Waals surface area contributed by atoms with E-state index in [4.69, 9.17) is 0 Å². The molecule has 0 amide bonds. The van der Waals surface area contributed by atoms with Crippen LogP contribution in [-0.4, -0.2) is 20.4 Å². The highest BCUT2D eigenvalue weighted by molar-refractivity contribution is 9.09. The van der Waals surface area contributed by atoms with Crippen LogP contribution in [0.3, 0.4) is 0 Å². The number of para-hydroxylation sites is 1. The van der Waals surface area contributed by atoms with Gasteiger partial charge in [-0.25, -0.2) is 9.20 Å². The van der Waals surface area contributed by atoms with Crippen molar-refractivity contribution in [2.75, 3.05) is 5.33 Å². The van der Waals surface area contributed by atoms with Gasteiger partial charge in [0, 0.05) is 0 Å². The van der Waals surface area contributed by atoms with Crippen molar-refractivity contribution in [2.45, 2.75) is 4.90 Å². The van der Waals surface area contributed by atoms with Crippen molar-refractivity contribution in [3.63, 3.8) is 0 Å². The number of aliphatic imine (C=N–C) groups is 1. The number of carbonyl (C=O) groups is 1. The van der Waals surface area contributed by atoms with Crippen molar-refractivity contribution in [1.29, 1.82) is 0 Å². The molecule has 2 rings (SSSR count). The van der Waals surface area contributed by atoms with Gasteiger partial charge in [-0.05, 0) is 12.1 Å². The predicted molar refractivity (Wildman–Crippen MR) is 58.7 cm³/mol. The molecule has 1 aromatic rings. The van der Waals surface area contributed by atoms with Gasteiger partial charge in [0.1, 0.15) is 10.8 Å². The van der Waals surface area contributed by atoms with Crippen molar-refractivity contribution < 1.29 is 9.00 Å². The van der Waals surface area contributed by atoms with E-state index in [0.717, 1.165) is 0 Å². The number of halogens is 1. The largest absolute Gasteiger partial charge is 0.291 e. The van der Waals surface area contributed by atoms with Crippen LogP contribution in [0.25, 0.3) is 0 Å². The molecule has 0 radical (unpaired) electrons. The third kappa shape index (κ3) is 1.46. The number of hydrogen-bond donors (Lipinski definition) is 0. The maximum absolute atomic E-state index is 11.7. The van der Waals surface area contributed by atoms with Crippen LogP contribution in [0.1, 0.15) is 0 Å². The summed E-state index contributed by atoms with van der Waals surface area (Å²) in [4.78, 5) is 16.0. The highest BCUT2D eigenvalue weighted by Gasteiger charge is 2.27. The number of rotatable bonds is 2. The zero-order chi connectivity index (χ0) is 10.1. The van der Waals surface area contributed by atoms with E-state index in [0.29, 0.717) is 10.6 Å². The second-order valence-corrected chi connectivity index (χ2v) is 4.63. The fraction of sp³-hybridized carbons (Fsp3) is 0.111. The number of ketones is 1. The quantitative estimate of drug-likeness (QED) is 0.771. The first-order chi connectivity index (χ1) is 6.74. The number of alkyl halides is 1. The van der Waals surface area contributed by atoms with E-state index >= 15 is 0 Å². The smallest absolute Gasteiger partial charge is 0.201 e. The normalized spacial score (nSPS) is 18.9. The lowest BCUT2D eigenvalue weighted by Gasteiger charge is -1.94. The standard InChI is InChI=1S/C9H6BrNO2S/c10-5-7(12)9-11-6-3-1-2-4-8(6)14(9)13/h1-4H,5H2. The number of fused-ring (bicyclic) bond motifs is 1. The van der Waals surface area contributed by atoms with Crippen molar-refractivity contribution in [3.05, 3.63) is 24.3 Å². The lowest BCUT2D eigenvalue weighted by atomic mass is 10.3. The Labute approximate surface area is 91.8 Å². The van der Waals surface area contributed by atoms with Gasteiger partial charge >= 0.3 is 0 Å². The van der Waals surface area contributed by atoms with E-state index < -0.39 is 10.8 Å². The van der Waals surface area contributed by atoms with Gasteiger partial charge in [-0.1, -0.05) is 28.1 Å². The molecule has 72 valence electrons. The Hall–Kier alpha value is -0.810. The lowest BCUT2D eigenvalue weighted by Crippen LogP contribution is -2.17. The van der Waals surface area contributed by atoms with Crippen LogP contribution < -0.4 is 0 Å². The molecule has 0 bridgehead atoms. The topological polar surface area (TPSA) is 46.5 Å². The van der Waals surface area contributed by atoms with Gasteiger partial charge in [-0.3, -0.25) is 4.79 Å². The highest BCUT2D eigenvalue weighted by atomic mass is 79.9. The molecule has 3 nitrogen and oxygen atoms in total. The maximum Gasteiger partial charge on any atom is 0.201 e. The summed E-state index contributed by atoms with van der Waals surface area (Å²) in [5, 5.41) is 0.300. The second-order valence-electron chi connectivity index (χ2n) is 2.71. The van der Waals surface area contributed by atoms with Crippen LogP contribution >= 0.6 is 15.9 Å². The Kier molecular flexibility index (Phi) is 2.60. The van der Waals surface area contributed by atoms with Gasteiger partial charge in [-0.15, -0.1) is 0 Å². The van der Waals surface area contributed by atoms with Gasteiger partial charge in [0.2, 0.25) is 5.78 Å². The van der Waals surface area contributed by atoms with Crippen LogP contribution in [0.15, 0.2) is 34.2 Å². The number of hydrogen-bond acceptors (Lipinski definition) is 3. The summed E-state index contributed by atoms with van der Waals surface area (Å²) in [6.07, 6.45) is 0. The number of Topliss-reactive ketones (excluding diaryl/α,β-unsaturated/α-hetero) is 1. The summed E-state index contributed by atoms with van der Waals surface area (Å²) in [7, 11) is -1.40. The van der Waals surface area contributed by atoms with Crippen molar-refractivity contribution in [1.82, 2.24) is 0 Å². The Morgan fingerprint density at radius 1 is 1.43 bits per heavy atom. The van der Waals surface area contributed by atoms with E-state index in [1.807, 2.05) is 0 Å². The van der Waals surface area contributed by atoms with E-state index in [2.05, 4.69) is 20.9 Å². The average molecular weight is 272 g/mol. The number of nitrogens with zero attached hydrogens (tertiary/aromatic N) is 1. The fourth-order valence-electron chi connectivity index (χ4n) is 1.18. The molecular weight excluding hydrogens is 266 g/mol. The van der Waals surface area contributed by atoms with E-state index in [1.54, 1.807) is 24.3 Å². The first-order valence-corrected chi connectivity index (χ1v) is 6.20. The molecule has 0 spiro atoms. The molecule has 1 aliphatic rings. The van der Waals surface area contributed by atoms with E-state index in [-0.39, 0.29) is 16.2 Å². The Morgan fingerprint density at radius 3 is 2.79 bits per heavy atom. The van der Waals surface area contributed by atoms with Crippen molar-refractivity contribution in [2.24, 2.45) is 4.99 Å². The molecule has 1 heterocycles. The molecule has 0 N–H and O–H groups in total. The third-order valence-corrected chi connectivity index (χ3v) is 3.75. The molecule has 14 heavy (non-hydrogen) atoms. The third-order valence-electron chi connectivity index (χ3n) is 1.82. The van der Waals surface area contributed by atoms with Crippen molar-refractivity contribution in [3.8, 4) is 0 Å². The van der Waals surface area contributed by atoms with Gasteiger partial charge < -0.3 is 0 Å². The zero-order valence-corrected chi connectivity index (χ0v) is 9.47. The molecule has 1 atom stereocenters. The average Bonchev–Trinajstić information content (AvgIpc) is 2.56. The SMILES string of the molecule is O=C(CBr)C1=Nc2ccccc2S1=O. The fourth-order valence-corrected chi connectivity index (χ4v) is 2.81. The number of carbonyl (C=O) groups excluding carboxylic acids is 1. The van der Waals surface area contributed by atoms with Gasteiger partial charge in [-0.2, -0.15) is 0 Å². The van der Waals surface area contributed by atoms with E-state index in [1.165, 1.54) is 0 Å². The summed E-state index contributed by atoms with van der Waals surface area (Å²) < 4.78 is 11.7. The molecular formula is C9H6BrNO2S. The first kappa shape index (κ1) is 9.73. The van der Waals surface area contributed by atoms with Crippen LogP contribution in [0, 0.1) is 0 Å². The summed E-state index contributed by atoms with van der Waals surface area (Å²) in [6, 6.07) is 7.07. The first-order valence-electron chi connectivity index (χ1n) is 3.92. The predicted octanol–water partition coefficient (Wildman–Crippen LogP) is 1.80. The molecule has 1 aliphatic heterocycles. The van der Waals surface area contributed by atoms with Crippen LogP contribution in [0.2, 0.25) is 0 Å². The second kappa shape index (κ2) is 3.74. The Bertz CT molecular complexity index is 456. The zero-order valence-electron chi connectivity index (χ0n) is 7.07. The minimum atomic E-state index is -1.40. The molecule has 0 saturated carbocycles. The van der Waals surface area contributed by atoms with Crippen LogP contribution in [-0.2, 0) is 15.6 Å². The molecule has 1 aromatic carbocycles. The minimum absolute atomic E-state index is 0.142. The van der Waals surface area contributed by atoms with E-state index in [9.17, 15) is 9.00 Å². The molecule has 0 aliphatic carbocycles. The van der Waals surface area contributed by atoms with Gasteiger partial charge in [0.25, 0.3) is 0 Å². The van der Waals surface area contributed by atoms with Gasteiger partial charge in [0.15, 0.2) is 5.04 Å². The summed E-state index contributed by atoms with van der Waals surface area (Å²) in [5.74, 6) is -0.223. The Balaban J connectivity index is 2.47. The highest BCUT2D eigenvalue weighted by Crippen LogP contribution is 2.29. The monoisotopic (exact) mass is 271 g/mol. The molecule has 5 heteroatoms. The summed E-state index contributed by atoms with van der Waals surface area (Å²) >= 11 is 3.03. The number of benzene rings is 1. The summed E-state index contributed by atoms with van der Waals surface area (Å²) in [5.41, 5.74) is 0.634. The lowest BCUT2D eigenvalue weighted by molar-refractivity contribution is -0.110. The van der Waals surface area contributed by atoms with Crippen LogP contribution in [0.4, 0.5) is 5.69 Å². The van der Waals surface area contributed by atoms with Gasteiger partial charge in [0.05, 0.1) is 15.9 Å².